The SMILES string of the molecule is C[Si](C)(C)OCC(O[Si](C)(C)C)C(O[Si](C)(C)C)C(O[Si](C)(C)C)C(C=O)O[Si](C)(C)C. The number of carbonyl (C=O) groups is 1. The fourth-order valence-corrected chi connectivity index (χ4v) is 8.02. The topological polar surface area (TPSA) is 63.2 Å². The fraction of sp³-hybridized carbons (Fsp3) is 0.952. The van der Waals surface area contributed by atoms with Crippen LogP contribution < -0.4 is 0 Å². The van der Waals surface area contributed by atoms with Gasteiger partial charge in [0.05, 0.1) is 18.8 Å². The third kappa shape index (κ3) is 16.2. The molecule has 0 aromatic carbocycles. The summed E-state index contributed by atoms with van der Waals surface area (Å²) in [6.45, 7) is 32.6. The molecule has 32 heavy (non-hydrogen) atoms. The van der Waals surface area contributed by atoms with Crippen molar-refractivity contribution in [1.29, 1.82) is 0 Å². The number of rotatable bonds is 15. The van der Waals surface area contributed by atoms with Gasteiger partial charge in [0.2, 0.25) is 0 Å². The summed E-state index contributed by atoms with van der Waals surface area (Å²) in [5.74, 6) is 0. The van der Waals surface area contributed by atoms with Crippen LogP contribution in [0.4, 0.5) is 0 Å². The Morgan fingerprint density at radius 3 is 1.22 bits per heavy atom. The molecule has 0 saturated carbocycles. The molecule has 192 valence electrons. The predicted molar refractivity (Wildman–Crippen MR) is 148 cm³/mol. The van der Waals surface area contributed by atoms with Crippen molar-refractivity contribution in [2.45, 2.75) is 123 Å². The van der Waals surface area contributed by atoms with Crippen LogP contribution in [0.1, 0.15) is 0 Å². The van der Waals surface area contributed by atoms with E-state index < -0.39 is 59.9 Å². The second kappa shape index (κ2) is 12.0. The summed E-state index contributed by atoms with van der Waals surface area (Å²) in [5.41, 5.74) is 0. The van der Waals surface area contributed by atoms with Crippen LogP contribution >= 0.6 is 0 Å². The van der Waals surface area contributed by atoms with E-state index in [0.29, 0.717) is 6.61 Å². The van der Waals surface area contributed by atoms with Crippen molar-refractivity contribution in [3.8, 4) is 0 Å². The minimum absolute atomic E-state index is 0.325. The fourth-order valence-electron chi connectivity index (χ4n) is 3.05. The number of hydrogen-bond donors (Lipinski definition) is 0. The Morgan fingerprint density at radius 2 is 0.906 bits per heavy atom. The van der Waals surface area contributed by atoms with Crippen molar-refractivity contribution in [3.05, 3.63) is 0 Å². The average molecular weight is 541 g/mol. The predicted octanol–water partition coefficient (Wildman–Crippen LogP) is 5.92. The van der Waals surface area contributed by atoms with Crippen molar-refractivity contribution in [1.82, 2.24) is 0 Å². The molecule has 0 heterocycles. The molecule has 0 aromatic heterocycles. The second-order valence-corrected chi connectivity index (χ2v) is 35.8. The minimum atomic E-state index is -2.04. The van der Waals surface area contributed by atoms with Crippen LogP contribution in [0.25, 0.3) is 0 Å². The van der Waals surface area contributed by atoms with E-state index in [1.165, 1.54) is 0 Å². The van der Waals surface area contributed by atoms with Gasteiger partial charge in [0.1, 0.15) is 18.5 Å². The third-order valence-electron chi connectivity index (χ3n) is 3.80. The molecule has 0 aliphatic rings. The van der Waals surface area contributed by atoms with Crippen LogP contribution in [-0.4, -0.2) is 78.9 Å². The van der Waals surface area contributed by atoms with E-state index in [4.69, 9.17) is 22.1 Å². The van der Waals surface area contributed by atoms with E-state index in [2.05, 4.69) is 98.2 Å². The Kier molecular flexibility index (Phi) is 12.2. The zero-order valence-corrected chi connectivity index (χ0v) is 28.5. The molecule has 0 radical (unpaired) electrons. The van der Waals surface area contributed by atoms with Gasteiger partial charge in [0.25, 0.3) is 0 Å². The van der Waals surface area contributed by atoms with Crippen LogP contribution in [0.2, 0.25) is 98.2 Å². The largest absolute Gasteiger partial charge is 0.415 e. The van der Waals surface area contributed by atoms with Gasteiger partial charge >= 0.3 is 0 Å². The molecule has 0 fully saturated rings. The molecular weight excluding hydrogens is 489 g/mol. The Balaban J connectivity index is 6.51. The molecule has 0 aliphatic heterocycles. The first kappa shape index (κ1) is 32.6. The highest BCUT2D eigenvalue weighted by molar-refractivity contribution is 6.71. The molecule has 0 aliphatic carbocycles. The summed E-state index contributed by atoms with van der Waals surface area (Å²) in [6.07, 6.45) is -1.11. The summed E-state index contributed by atoms with van der Waals surface area (Å²) < 4.78 is 32.8. The Morgan fingerprint density at radius 1 is 0.531 bits per heavy atom. The zero-order chi connectivity index (χ0) is 25.8. The quantitative estimate of drug-likeness (QED) is 0.190. The molecule has 0 rings (SSSR count). The Labute approximate surface area is 203 Å². The van der Waals surface area contributed by atoms with E-state index >= 15 is 0 Å². The van der Waals surface area contributed by atoms with Gasteiger partial charge in [-0.1, -0.05) is 0 Å². The summed E-state index contributed by atoms with van der Waals surface area (Å²) in [4.78, 5) is 12.3. The molecule has 6 nitrogen and oxygen atoms in total. The Bertz CT molecular complexity index is 570. The maximum Gasteiger partial charge on any atom is 0.184 e. The van der Waals surface area contributed by atoms with Gasteiger partial charge in [0, 0.05) is 0 Å². The summed E-state index contributed by atoms with van der Waals surface area (Å²) in [5, 5.41) is 0. The molecule has 4 atom stereocenters. The lowest BCUT2D eigenvalue weighted by Gasteiger charge is -2.44. The number of carbonyl (C=O) groups excluding carboxylic acids is 1. The first-order valence-corrected chi connectivity index (χ1v) is 28.8. The van der Waals surface area contributed by atoms with Crippen LogP contribution in [-0.2, 0) is 26.9 Å². The van der Waals surface area contributed by atoms with Crippen molar-refractivity contribution < 1.29 is 26.9 Å². The van der Waals surface area contributed by atoms with E-state index in [1.807, 2.05) is 0 Å². The van der Waals surface area contributed by atoms with Crippen LogP contribution in [0.3, 0.4) is 0 Å². The monoisotopic (exact) mass is 540 g/mol. The third-order valence-corrected chi connectivity index (χ3v) is 8.78. The number of aldehydes is 1. The van der Waals surface area contributed by atoms with Crippen molar-refractivity contribution in [3.63, 3.8) is 0 Å². The molecule has 0 N–H and O–H groups in total. The van der Waals surface area contributed by atoms with Crippen LogP contribution in [0, 0.1) is 0 Å². The first-order chi connectivity index (χ1) is 13.9. The van der Waals surface area contributed by atoms with Gasteiger partial charge in [0.15, 0.2) is 41.6 Å². The van der Waals surface area contributed by atoms with Gasteiger partial charge in [-0.15, -0.1) is 0 Å². The molecular formula is C21H52O6Si5. The zero-order valence-electron chi connectivity index (χ0n) is 23.5. The summed E-state index contributed by atoms with van der Waals surface area (Å²) in [6, 6.07) is 0. The highest BCUT2D eigenvalue weighted by Gasteiger charge is 2.45. The van der Waals surface area contributed by atoms with E-state index in [0.717, 1.165) is 6.29 Å². The van der Waals surface area contributed by atoms with Gasteiger partial charge in [-0.05, 0) is 98.2 Å². The van der Waals surface area contributed by atoms with Gasteiger partial charge in [-0.2, -0.15) is 0 Å². The van der Waals surface area contributed by atoms with Gasteiger partial charge < -0.3 is 26.9 Å². The first-order valence-electron chi connectivity index (χ1n) is 11.7. The molecule has 0 spiro atoms. The van der Waals surface area contributed by atoms with Crippen molar-refractivity contribution in [2.24, 2.45) is 0 Å². The van der Waals surface area contributed by atoms with Gasteiger partial charge in [-0.3, -0.25) is 0 Å². The Hall–Kier alpha value is 0.554. The lowest BCUT2D eigenvalue weighted by molar-refractivity contribution is -0.127. The molecule has 0 aromatic rings. The number of hydrogen-bond acceptors (Lipinski definition) is 6. The maximum absolute atomic E-state index is 12.3. The van der Waals surface area contributed by atoms with E-state index in [9.17, 15) is 4.79 Å². The van der Waals surface area contributed by atoms with Crippen LogP contribution in [0.15, 0.2) is 0 Å². The highest BCUT2D eigenvalue weighted by Crippen LogP contribution is 2.28. The minimum Gasteiger partial charge on any atom is -0.415 e. The molecule has 11 heteroatoms. The highest BCUT2D eigenvalue weighted by atomic mass is 28.4. The summed E-state index contributed by atoms with van der Waals surface area (Å²) >= 11 is 0. The summed E-state index contributed by atoms with van der Waals surface area (Å²) in [7, 11) is -9.81. The molecule has 0 saturated heterocycles. The van der Waals surface area contributed by atoms with E-state index in [1.54, 1.807) is 0 Å². The maximum atomic E-state index is 12.3. The molecule has 0 bridgehead atoms. The normalized spacial score (nSPS) is 18.2. The average Bonchev–Trinajstić information content (AvgIpc) is 2.48. The van der Waals surface area contributed by atoms with Crippen molar-refractivity contribution >= 4 is 47.9 Å². The molecule has 4 unspecified atom stereocenters. The smallest absolute Gasteiger partial charge is 0.184 e. The lowest BCUT2D eigenvalue weighted by atomic mass is 10.0. The van der Waals surface area contributed by atoms with Gasteiger partial charge in [-0.25, -0.2) is 0 Å². The van der Waals surface area contributed by atoms with E-state index in [-0.39, 0.29) is 6.10 Å². The van der Waals surface area contributed by atoms with Crippen LogP contribution in [0.5, 0.6) is 0 Å². The van der Waals surface area contributed by atoms with Crippen molar-refractivity contribution in [2.75, 3.05) is 6.61 Å². The molecule has 0 amide bonds. The second-order valence-electron chi connectivity index (χ2n) is 13.4. The standard InChI is InChI=1S/C21H52O6Si5/c1-28(2,3)23-17-19(25-30(7,8)9)21(27-32(13,14)15)20(26-31(10,11)12)18(16-22)24-29(4,5)6/h16,18-21H,17H2,1-15H3. The lowest BCUT2D eigenvalue weighted by Crippen LogP contribution is -2.59.